The zero-order valence-corrected chi connectivity index (χ0v) is 18.1. The predicted molar refractivity (Wildman–Crippen MR) is 115 cm³/mol. The first-order valence-corrected chi connectivity index (χ1v) is 11.5. The van der Waals surface area contributed by atoms with Crippen LogP contribution < -0.4 is 5.32 Å². The Morgan fingerprint density at radius 1 is 1.03 bits per heavy atom. The lowest BCUT2D eigenvalue weighted by Crippen LogP contribution is -2.36. The van der Waals surface area contributed by atoms with Crippen LogP contribution in [-0.4, -0.2) is 44.8 Å². The van der Waals surface area contributed by atoms with Gasteiger partial charge in [0.15, 0.2) is 0 Å². The highest BCUT2D eigenvalue weighted by Gasteiger charge is 2.24. The topological polar surface area (TPSA) is 92.8 Å². The maximum atomic E-state index is 12.6. The van der Waals surface area contributed by atoms with Gasteiger partial charge < -0.3 is 10.1 Å². The Hall–Kier alpha value is -2.42. The number of carbonyl (C=O) groups excluding carboxylic acids is 2. The molecule has 160 valence electrons. The Labute approximate surface area is 181 Å². The van der Waals surface area contributed by atoms with E-state index in [9.17, 15) is 18.0 Å². The van der Waals surface area contributed by atoms with Gasteiger partial charge in [-0.3, -0.25) is 4.79 Å². The molecule has 2 aromatic rings. The average molecular weight is 451 g/mol. The second-order valence-corrected chi connectivity index (χ2v) is 9.43. The van der Waals surface area contributed by atoms with Gasteiger partial charge in [-0.15, -0.1) is 0 Å². The summed E-state index contributed by atoms with van der Waals surface area (Å²) in [7, 11) is -2.10. The van der Waals surface area contributed by atoms with Crippen LogP contribution >= 0.6 is 11.6 Å². The van der Waals surface area contributed by atoms with E-state index in [-0.39, 0.29) is 22.0 Å². The number of amides is 1. The zero-order chi connectivity index (χ0) is 21.7. The van der Waals surface area contributed by atoms with Crippen molar-refractivity contribution < 1.29 is 22.7 Å². The van der Waals surface area contributed by atoms with Crippen molar-refractivity contribution in [3.05, 3.63) is 64.2 Å². The molecule has 1 aliphatic heterocycles. The van der Waals surface area contributed by atoms with Gasteiger partial charge in [0.1, 0.15) is 0 Å². The van der Waals surface area contributed by atoms with Crippen LogP contribution in [0.15, 0.2) is 42.5 Å². The van der Waals surface area contributed by atoms with E-state index in [0.717, 1.165) is 19.3 Å². The minimum atomic E-state index is -3.37. The first-order valence-electron chi connectivity index (χ1n) is 9.56. The van der Waals surface area contributed by atoms with Crippen molar-refractivity contribution in [3.8, 4) is 0 Å². The van der Waals surface area contributed by atoms with Crippen LogP contribution in [0.25, 0.3) is 0 Å². The standard InChI is InChI=1S/C21H23ClN2O5S/c1-29-21(26)17-9-10-18(22)19(13-17)23-20(25)16-7-5-15(6-8-16)14-30(27,28)24-11-3-2-4-12-24/h5-10,13H,2-4,11-12,14H2,1H3,(H,23,25). The molecule has 1 amide bonds. The van der Waals surface area contributed by atoms with E-state index in [2.05, 4.69) is 10.1 Å². The maximum absolute atomic E-state index is 12.6. The Kier molecular flexibility index (Phi) is 7.12. The molecular formula is C21H23ClN2O5S. The Morgan fingerprint density at radius 2 is 1.67 bits per heavy atom. The highest BCUT2D eigenvalue weighted by Crippen LogP contribution is 2.24. The number of esters is 1. The lowest BCUT2D eigenvalue weighted by atomic mass is 10.1. The molecule has 3 rings (SSSR count). The summed E-state index contributed by atoms with van der Waals surface area (Å²) in [6, 6.07) is 10.8. The van der Waals surface area contributed by atoms with Crippen LogP contribution in [0.4, 0.5) is 5.69 Å². The van der Waals surface area contributed by atoms with E-state index in [0.29, 0.717) is 24.2 Å². The fourth-order valence-corrected chi connectivity index (χ4v) is 5.03. The molecule has 0 aromatic heterocycles. The largest absolute Gasteiger partial charge is 0.465 e. The molecule has 0 bridgehead atoms. The highest BCUT2D eigenvalue weighted by atomic mass is 35.5. The number of nitrogens with zero attached hydrogens (tertiary/aromatic N) is 1. The number of hydrogen-bond acceptors (Lipinski definition) is 5. The van der Waals surface area contributed by atoms with Crippen molar-refractivity contribution in [2.45, 2.75) is 25.0 Å². The molecule has 1 N–H and O–H groups in total. The third kappa shape index (κ3) is 5.38. The zero-order valence-electron chi connectivity index (χ0n) is 16.6. The summed E-state index contributed by atoms with van der Waals surface area (Å²) >= 11 is 6.11. The summed E-state index contributed by atoms with van der Waals surface area (Å²) in [6.07, 6.45) is 2.83. The Balaban J connectivity index is 1.69. The van der Waals surface area contributed by atoms with Crippen molar-refractivity contribution in [2.75, 3.05) is 25.5 Å². The summed E-state index contributed by atoms with van der Waals surface area (Å²) in [5, 5.41) is 2.94. The summed E-state index contributed by atoms with van der Waals surface area (Å²) < 4.78 is 31.3. The van der Waals surface area contributed by atoms with Gasteiger partial charge in [-0.2, -0.15) is 0 Å². The smallest absolute Gasteiger partial charge is 0.337 e. The van der Waals surface area contributed by atoms with Gasteiger partial charge in [0.25, 0.3) is 5.91 Å². The number of carbonyl (C=O) groups is 2. The molecule has 0 aliphatic carbocycles. The second kappa shape index (κ2) is 9.59. The van der Waals surface area contributed by atoms with E-state index in [1.807, 2.05) is 0 Å². The lowest BCUT2D eigenvalue weighted by Gasteiger charge is -2.25. The van der Waals surface area contributed by atoms with Gasteiger partial charge in [0, 0.05) is 18.7 Å². The van der Waals surface area contributed by atoms with Gasteiger partial charge in [-0.05, 0) is 48.7 Å². The summed E-state index contributed by atoms with van der Waals surface area (Å²) in [5.41, 5.74) is 1.49. The molecule has 1 fully saturated rings. The summed E-state index contributed by atoms with van der Waals surface area (Å²) in [4.78, 5) is 24.2. The third-order valence-electron chi connectivity index (χ3n) is 4.91. The fraction of sp³-hybridized carbons (Fsp3) is 0.333. The monoisotopic (exact) mass is 450 g/mol. The number of sulfonamides is 1. The van der Waals surface area contributed by atoms with Crippen molar-refractivity contribution in [2.24, 2.45) is 0 Å². The molecule has 7 nitrogen and oxygen atoms in total. The lowest BCUT2D eigenvalue weighted by molar-refractivity contribution is 0.0600. The number of hydrogen-bond donors (Lipinski definition) is 1. The number of anilines is 1. The number of nitrogens with one attached hydrogen (secondary N) is 1. The molecule has 1 heterocycles. The van der Waals surface area contributed by atoms with Gasteiger partial charge in [0.2, 0.25) is 10.0 Å². The van der Waals surface area contributed by atoms with E-state index in [1.54, 1.807) is 24.3 Å². The van der Waals surface area contributed by atoms with Gasteiger partial charge in [-0.25, -0.2) is 17.5 Å². The number of halogens is 1. The first-order chi connectivity index (χ1) is 14.3. The minimum Gasteiger partial charge on any atom is -0.465 e. The van der Waals surface area contributed by atoms with Crippen LogP contribution in [0.5, 0.6) is 0 Å². The van der Waals surface area contributed by atoms with Gasteiger partial charge in [-0.1, -0.05) is 30.2 Å². The van der Waals surface area contributed by atoms with E-state index in [1.165, 1.54) is 29.6 Å². The van der Waals surface area contributed by atoms with Gasteiger partial charge >= 0.3 is 5.97 Å². The SMILES string of the molecule is COC(=O)c1ccc(Cl)c(NC(=O)c2ccc(CS(=O)(=O)N3CCCCC3)cc2)c1. The Morgan fingerprint density at radius 3 is 2.30 bits per heavy atom. The van der Waals surface area contributed by atoms with Crippen molar-refractivity contribution >= 4 is 39.2 Å². The number of ether oxygens (including phenoxy) is 1. The minimum absolute atomic E-state index is 0.0953. The molecule has 0 radical (unpaired) electrons. The van der Waals surface area contributed by atoms with Crippen LogP contribution in [-0.2, 0) is 20.5 Å². The first kappa shape index (κ1) is 22.3. The molecule has 1 saturated heterocycles. The van der Waals surface area contributed by atoms with Crippen LogP contribution in [0.2, 0.25) is 5.02 Å². The van der Waals surface area contributed by atoms with Crippen molar-refractivity contribution in [1.82, 2.24) is 4.31 Å². The third-order valence-corrected chi connectivity index (χ3v) is 7.09. The van der Waals surface area contributed by atoms with E-state index in [4.69, 9.17) is 11.6 Å². The number of rotatable bonds is 6. The molecule has 0 atom stereocenters. The number of methoxy groups -OCH3 is 1. The fourth-order valence-electron chi connectivity index (χ4n) is 3.26. The summed E-state index contributed by atoms with van der Waals surface area (Å²) in [5.74, 6) is -1.06. The quantitative estimate of drug-likeness (QED) is 0.677. The van der Waals surface area contributed by atoms with Crippen LogP contribution in [0.1, 0.15) is 45.5 Å². The molecule has 0 saturated carbocycles. The van der Waals surface area contributed by atoms with E-state index < -0.39 is 21.9 Å². The highest BCUT2D eigenvalue weighted by molar-refractivity contribution is 7.88. The molecular weight excluding hydrogens is 428 g/mol. The normalized spacial score (nSPS) is 14.9. The molecule has 9 heteroatoms. The maximum Gasteiger partial charge on any atom is 0.337 e. The number of piperidine rings is 1. The van der Waals surface area contributed by atoms with Crippen LogP contribution in [0.3, 0.4) is 0 Å². The average Bonchev–Trinajstić information content (AvgIpc) is 2.75. The molecule has 2 aromatic carbocycles. The summed E-state index contributed by atoms with van der Waals surface area (Å²) in [6.45, 7) is 1.13. The second-order valence-electron chi connectivity index (χ2n) is 7.05. The molecule has 1 aliphatic rings. The number of benzene rings is 2. The van der Waals surface area contributed by atoms with E-state index >= 15 is 0 Å². The van der Waals surface area contributed by atoms with Crippen LogP contribution in [0, 0.1) is 0 Å². The molecule has 0 unspecified atom stereocenters. The molecule has 0 spiro atoms. The van der Waals surface area contributed by atoms with Crippen molar-refractivity contribution in [1.29, 1.82) is 0 Å². The van der Waals surface area contributed by atoms with Crippen molar-refractivity contribution in [3.63, 3.8) is 0 Å². The predicted octanol–water partition coefficient (Wildman–Crippen LogP) is 3.69. The molecule has 30 heavy (non-hydrogen) atoms. The Bertz CT molecular complexity index is 1030. The van der Waals surface area contributed by atoms with Gasteiger partial charge in [0.05, 0.1) is 29.1 Å².